The molecule has 4 rings (SSSR count). The summed E-state index contributed by atoms with van der Waals surface area (Å²) in [5.41, 5.74) is 3.24. The summed E-state index contributed by atoms with van der Waals surface area (Å²) in [5, 5.41) is 2.85. The van der Waals surface area contributed by atoms with E-state index in [2.05, 4.69) is 26.1 Å². The largest absolute Gasteiger partial charge is 0.482 e. The first kappa shape index (κ1) is 20.7. The molecule has 160 valence electrons. The number of nitrogens with zero attached hydrogens (tertiary/aromatic N) is 1. The van der Waals surface area contributed by atoms with Crippen molar-refractivity contribution >= 4 is 17.5 Å². The number of hydrogen-bond donors (Lipinski definition) is 1. The van der Waals surface area contributed by atoms with Gasteiger partial charge in [0.05, 0.1) is 25.0 Å². The lowest BCUT2D eigenvalue weighted by atomic mass is 9.86. The fraction of sp³-hybridized carbons (Fsp3) is 0.280. The van der Waals surface area contributed by atoms with Crippen LogP contribution in [0.2, 0.25) is 0 Å². The lowest BCUT2D eigenvalue weighted by molar-refractivity contribution is -0.121. The van der Waals surface area contributed by atoms with Crippen LogP contribution in [-0.2, 0) is 23.3 Å². The molecule has 6 heteroatoms. The van der Waals surface area contributed by atoms with Gasteiger partial charge in [0.1, 0.15) is 11.5 Å². The van der Waals surface area contributed by atoms with Crippen LogP contribution in [-0.4, -0.2) is 18.4 Å². The van der Waals surface area contributed by atoms with Crippen LogP contribution in [0.15, 0.2) is 65.3 Å². The van der Waals surface area contributed by atoms with Crippen LogP contribution in [0.4, 0.5) is 5.69 Å². The normalized spacial score (nSPS) is 13.5. The molecule has 0 aliphatic carbocycles. The number of carbonyl (C=O) groups is 2. The molecule has 0 fully saturated rings. The highest BCUT2D eigenvalue weighted by atomic mass is 16.5. The summed E-state index contributed by atoms with van der Waals surface area (Å²) >= 11 is 0. The van der Waals surface area contributed by atoms with E-state index in [0.717, 1.165) is 16.8 Å². The maximum absolute atomic E-state index is 12.7. The van der Waals surface area contributed by atoms with Gasteiger partial charge in [-0.05, 0) is 52.9 Å². The highest BCUT2D eigenvalue weighted by molar-refractivity contribution is 5.98. The second kappa shape index (κ2) is 8.30. The summed E-state index contributed by atoms with van der Waals surface area (Å²) < 4.78 is 10.9. The van der Waals surface area contributed by atoms with Crippen molar-refractivity contribution in [2.75, 3.05) is 11.5 Å². The summed E-state index contributed by atoms with van der Waals surface area (Å²) in [4.78, 5) is 27.0. The molecule has 6 nitrogen and oxygen atoms in total. The molecule has 1 aliphatic heterocycles. The van der Waals surface area contributed by atoms with Gasteiger partial charge in [0.15, 0.2) is 6.61 Å². The van der Waals surface area contributed by atoms with E-state index in [-0.39, 0.29) is 23.8 Å². The molecule has 0 unspecified atom stereocenters. The Morgan fingerprint density at radius 2 is 1.94 bits per heavy atom. The van der Waals surface area contributed by atoms with Crippen LogP contribution < -0.4 is 15.0 Å². The van der Waals surface area contributed by atoms with Crippen molar-refractivity contribution in [2.45, 2.75) is 39.3 Å². The summed E-state index contributed by atoms with van der Waals surface area (Å²) in [7, 11) is 0. The molecule has 3 aromatic rings. The topological polar surface area (TPSA) is 71.8 Å². The molecule has 2 amide bonds. The molecule has 1 N–H and O–H groups in total. The van der Waals surface area contributed by atoms with E-state index in [1.807, 2.05) is 42.5 Å². The smallest absolute Gasteiger partial charge is 0.265 e. The van der Waals surface area contributed by atoms with Crippen LogP contribution in [0.1, 0.15) is 48.0 Å². The number of carbonyl (C=O) groups excluding carboxylic acids is 2. The van der Waals surface area contributed by atoms with Crippen molar-refractivity contribution < 1.29 is 18.7 Å². The molecule has 0 spiro atoms. The van der Waals surface area contributed by atoms with Gasteiger partial charge in [-0.25, -0.2) is 0 Å². The van der Waals surface area contributed by atoms with E-state index in [4.69, 9.17) is 9.15 Å². The van der Waals surface area contributed by atoms with E-state index in [1.54, 1.807) is 23.3 Å². The Hall–Kier alpha value is -3.54. The van der Waals surface area contributed by atoms with Crippen LogP contribution in [0.5, 0.6) is 5.75 Å². The van der Waals surface area contributed by atoms with Crippen molar-refractivity contribution in [2.24, 2.45) is 0 Å². The molecule has 1 aromatic heterocycles. The molecular weight excluding hydrogens is 392 g/mol. The first-order valence-electron chi connectivity index (χ1n) is 10.3. The second-order valence-corrected chi connectivity index (χ2v) is 8.66. The van der Waals surface area contributed by atoms with Gasteiger partial charge >= 0.3 is 0 Å². The Morgan fingerprint density at radius 3 is 2.68 bits per heavy atom. The van der Waals surface area contributed by atoms with E-state index in [1.165, 1.54) is 0 Å². The number of rotatable bonds is 5. The number of amides is 2. The van der Waals surface area contributed by atoms with Crippen molar-refractivity contribution in [3.8, 4) is 5.75 Å². The summed E-state index contributed by atoms with van der Waals surface area (Å²) in [6.07, 6.45) is 1.57. The van der Waals surface area contributed by atoms with Gasteiger partial charge in [0.2, 0.25) is 0 Å². The zero-order valence-electron chi connectivity index (χ0n) is 18.0. The van der Waals surface area contributed by atoms with E-state index in [0.29, 0.717) is 30.2 Å². The second-order valence-electron chi connectivity index (χ2n) is 8.66. The van der Waals surface area contributed by atoms with Crippen molar-refractivity contribution in [3.63, 3.8) is 0 Å². The standard InChI is InChI=1S/C25H26N2O4/c1-25(2,3)19-9-10-22-21(13-19)27(23(28)16-31-22)15-17-6-4-7-18(12-17)24(29)26-14-20-8-5-11-30-20/h4-13H,14-16H2,1-3H3,(H,26,29). The molecule has 0 bridgehead atoms. The zero-order chi connectivity index (χ0) is 22.0. The first-order chi connectivity index (χ1) is 14.8. The molecule has 2 aromatic carbocycles. The number of nitrogens with one attached hydrogen (secondary N) is 1. The fourth-order valence-electron chi connectivity index (χ4n) is 3.52. The number of ether oxygens (including phenoxy) is 1. The lowest BCUT2D eigenvalue weighted by Crippen LogP contribution is -2.38. The monoisotopic (exact) mass is 418 g/mol. The SMILES string of the molecule is CC(C)(C)c1ccc2c(c1)N(Cc1cccc(C(=O)NCc3ccco3)c1)C(=O)CO2. The summed E-state index contributed by atoms with van der Waals surface area (Å²) in [6.45, 7) is 7.09. The van der Waals surface area contributed by atoms with Gasteiger partial charge in [0, 0.05) is 5.56 Å². The molecule has 0 radical (unpaired) electrons. The van der Waals surface area contributed by atoms with Crippen molar-refractivity contribution in [3.05, 3.63) is 83.3 Å². The van der Waals surface area contributed by atoms with Crippen LogP contribution in [0.3, 0.4) is 0 Å². The van der Waals surface area contributed by atoms with Crippen LogP contribution in [0, 0.1) is 0 Å². The Labute approximate surface area is 181 Å². The molecule has 0 saturated carbocycles. The molecule has 0 saturated heterocycles. The predicted octanol–water partition coefficient (Wildman–Crippen LogP) is 4.43. The molecule has 1 aliphatic rings. The number of fused-ring (bicyclic) bond motifs is 1. The molecule has 2 heterocycles. The Bertz CT molecular complexity index is 1100. The molecular formula is C25H26N2O4. The van der Waals surface area contributed by atoms with Crippen LogP contribution >= 0.6 is 0 Å². The third kappa shape index (κ3) is 4.63. The predicted molar refractivity (Wildman–Crippen MR) is 118 cm³/mol. The quantitative estimate of drug-likeness (QED) is 0.665. The highest BCUT2D eigenvalue weighted by Crippen LogP contribution is 2.37. The maximum atomic E-state index is 12.7. The average Bonchev–Trinajstić information content (AvgIpc) is 3.27. The third-order valence-electron chi connectivity index (χ3n) is 5.30. The summed E-state index contributed by atoms with van der Waals surface area (Å²) in [6, 6.07) is 16.9. The molecule has 31 heavy (non-hydrogen) atoms. The number of hydrogen-bond acceptors (Lipinski definition) is 4. The van der Waals surface area contributed by atoms with Gasteiger partial charge in [-0.1, -0.05) is 39.0 Å². The minimum Gasteiger partial charge on any atom is -0.482 e. The van der Waals surface area contributed by atoms with Gasteiger partial charge < -0.3 is 19.4 Å². The van der Waals surface area contributed by atoms with Gasteiger partial charge in [-0.15, -0.1) is 0 Å². The molecule has 0 atom stereocenters. The Morgan fingerprint density at radius 1 is 1.10 bits per heavy atom. The Balaban J connectivity index is 1.55. The average molecular weight is 418 g/mol. The number of furan rings is 1. The number of anilines is 1. The van der Waals surface area contributed by atoms with E-state index < -0.39 is 0 Å². The number of benzene rings is 2. The van der Waals surface area contributed by atoms with Crippen molar-refractivity contribution in [1.82, 2.24) is 5.32 Å². The fourth-order valence-corrected chi connectivity index (χ4v) is 3.52. The van der Waals surface area contributed by atoms with Gasteiger partial charge in [0.25, 0.3) is 11.8 Å². The zero-order valence-corrected chi connectivity index (χ0v) is 18.0. The maximum Gasteiger partial charge on any atom is 0.265 e. The highest BCUT2D eigenvalue weighted by Gasteiger charge is 2.27. The van der Waals surface area contributed by atoms with E-state index >= 15 is 0 Å². The third-order valence-corrected chi connectivity index (χ3v) is 5.30. The minimum absolute atomic E-state index is 0.00515. The van der Waals surface area contributed by atoms with Crippen molar-refractivity contribution in [1.29, 1.82) is 0 Å². The minimum atomic E-state index is -0.193. The first-order valence-corrected chi connectivity index (χ1v) is 10.3. The van der Waals surface area contributed by atoms with Gasteiger partial charge in [-0.3, -0.25) is 9.59 Å². The summed E-state index contributed by atoms with van der Waals surface area (Å²) in [5.74, 6) is 1.09. The van der Waals surface area contributed by atoms with E-state index in [9.17, 15) is 9.59 Å². The van der Waals surface area contributed by atoms with Gasteiger partial charge in [-0.2, -0.15) is 0 Å². The lowest BCUT2D eigenvalue weighted by Gasteiger charge is -2.31. The van der Waals surface area contributed by atoms with Crippen LogP contribution in [0.25, 0.3) is 0 Å². The Kier molecular flexibility index (Phi) is 5.55.